The lowest BCUT2D eigenvalue weighted by atomic mass is 10.8. The van der Waals surface area contributed by atoms with Gasteiger partial charge in [0.1, 0.15) is 6.61 Å². The van der Waals surface area contributed by atoms with Crippen LogP contribution in [0.2, 0.25) is 0 Å². The smallest absolute Gasteiger partial charge is 0.303 e. The summed E-state index contributed by atoms with van der Waals surface area (Å²) in [5, 5.41) is 0. The van der Waals surface area contributed by atoms with Gasteiger partial charge < -0.3 is 4.89 Å². The quantitative estimate of drug-likeness (QED) is 0.439. The maximum absolute atomic E-state index is 10.4. The molecule has 9 heteroatoms. The van der Waals surface area contributed by atoms with E-state index in [1.807, 2.05) is 0 Å². The molecule has 0 unspecified atom stereocenters. The van der Waals surface area contributed by atoms with Crippen molar-refractivity contribution in [3.8, 4) is 12.3 Å². The van der Waals surface area contributed by atoms with Crippen LogP contribution >= 0.6 is 7.82 Å². The Balaban J connectivity index is 0. The number of hydrogen-bond donors (Lipinski definition) is 1. The van der Waals surface area contributed by atoms with Crippen molar-refractivity contribution in [3.63, 3.8) is 0 Å². The van der Waals surface area contributed by atoms with Gasteiger partial charge in [0.2, 0.25) is 0 Å². The SMILES string of the molecule is C#CCOS(=O)(=O)CC.COP(=O)(O)OC. The summed E-state index contributed by atoms with van der Waals surface area (Å²) in [5.41, 5.74) is 0. The minimum Gasteiger partial charge on any atom is -0.303 e. The number of terminal acetylenes is 1. The molecule has 0 aliphatic rings. The molecule has 7 nitrogen and oxygen atoms in total. The summed E-state index contributed by atoms with van der Waals surface area (Å²) in [6, 6.07) is 0. The molecule has 0 amide bonds. The largest absolute Gasteiger partial charge is 0.471 e. The van der Waals surface area contributed by atoms with Crippen LogP contribution < -0.4 is 0 Å². The normalized spacial score (nSPS) is 11.2. The van der Waals surface area contributed by atoms with Gasteiger partial charge in [0, 0.05) is 14.2 Å². The maximum atomic E-state index is 10.4. The third-order valence-electron chi connectivity index (χ3n) is 1.14. The molecule has 0 fully saturated rings. The Kier molecular flexibility index (Phi) is 9.77. The lowest BCUT2D eigenvalue weighted by Crippen LogP contribution is -2.07. The minimum absolute atomic E-state index is 0.0331. The second-order valence-corrected chi connectivity index (χ2v) is 5.74. The van der Waals surface area contributed by atoms with E-state index in [9.17, 15) is 13.0 Å². The van der Waals surface area contributed by atoms with E-state index in [4.69, 9.17) is 11.3 Å². The van der Waals surface area contributed by atoms with E-state index in [0.717, 1.165) is 14.2 Å². The van der Waals surface area contributed by atoms with Crippen molar-refractivity contribution in [1.29, 1.82) is 0 Å². The molecule has 0 heterocycles. The summed E-state index contributed by atoms with van der Waals surface area (Å²) < 4.78 is 43.2. The number of phosphoric acid groups is 1. The molecule has 0 bridgehead atoms. The Hall–Kier alpha value is -0.420. The molecule has 16 heavy (non-hydrogen) atoms. The number of rotatable bonds is 5. The van der Waals surface area contributed by atoms with Crippen LogP contribution in [-0.2, 0) is 27.9 Å². The Bertz CT molecular complexity index is 347. The van der Waals surface area contributed by atoms with Gasteiger partial charge >= 0.3 is 7.82 Å². The van der Waals surface area contributed by atoms with Crippen LogP contribution in [0, 0.1) is 12.3 Å². The molecule has 0 saturated heterocycles. The number of hydrogen-bond acceptors (Lipinski definition) is 6. The molecular weight excluding hydrogens is 259 g/mol. The summed E-state index contributed by atoms with van der Waals surface area (Å²) in [6.45, 7) is 1.32. The van der Waals surface area contributed by atoms with Gasteiger partial charge in [-0.15, -0.1) is 6.42 Å². The first-order valence-corrected chi connectivity index (χ1v) is 7.06. The average Bonchev–Trinajstić information content (AvgIpc) is 2.27. The fourth-order valence-corrected chi connectivity index (χ4v) is 0.845. The highest BCUT2D eigenvalue weighted by molar-refractivity contribution is 7.86. The van der Waals surface area contributed by atoms with Crippen molar-refractivity contribution in [2.75, 3.05) is 26.6 Å². The molecule has 0 aromatic carbocycles. The molecule has 0 aliphatic heterocycles. The summed E-state index contributed by atoms with van der Waals surface area (Å²) in [7, 11) is -4.78. The fourth-order valence-electron chi connectivity index (χ4n) is 0.282. The molecule has 1 N–H and O–H groups in total. The van der Waals surface area contributed by atoms with Crippen LogP contribution in [0.4, 0.5) is 0 Å². The second-order valence-electron chi connectivity index (χ2n) is 2.15. The zero-order chi connectivity index (χ0) is 13.2. The van der Waals surface area contributed by atoms with Crippen molar-refractivity contribution < 1.29 is 31.1 Å². The monoisotopic (exact) mass is 274 g/mol. The van der Waals surface area contributed by atoms with E-state index in [1.54, 1.807) is 0 Å². The summed E-state index contributed by atoms with van der Waals surface area (Å²) in [6.07, 6.45) is 4.75. The highest BCUT2D eigenvalue weighted by atomic mass is 32.2. The summed E-state index contributed by atoms with van der Waals surface area (Å²) >= 11 is 0. The molecule has 0 aliphatic carbocycles. The fraction of sp³-hybridized carbons (Fsp3) is 0.714. The first kappa shape index (κ1) is 18.0. The first-order valence-electron chi connectivity index (χ1n) is 3.99. The van der Waals surface area contributed by atoms with Crippen LogP contribution in [0.3, 0.4) is 0 Å². The Morgan fingerprint density at radius 3 is 2.00 bits per heavy atom. The van der Waals surface area contributed by atoms with E-state index in [2.05, 4.69) is 19.2 Å². The van der Waals surface area contributed by atoms with E-state index in [0.29, 0.717) is 0 Å². The number of phosphoric ester groups is 1. The Labute approximate surface area is 95.5 Å². The van der Waals surface area contributed by atoms with Gasteiger partial charge in [0.25, 0.3) is 10.1 Å². The predicted octanol–water partition coefficient (Wildman–Crippen LogP) is 0.366. The average molecular weight is 274 g/mol. The van der Waals surface area contributed by atoms with Crippen molar-refractivity contribution in [1.82, 2.24) is 0 Å². The van der Waals surface area contributed by atoms with Crippen LogP contribution in [-0.4, -0.2) is 39.9 Å². The minimum atomic E-state index is -3.65. The van der Waals surface area contributed by atoms with E-state index in [-0.39, 0.29) is 12.4 Å². The van der Waals surface area contributed by atoms with Crippen LogP contribution in [0.1, 0.15) is 6.92 Å². The zero-order valence-electron chi connectivity index (χ0n) is 9.24. The van der Waals surface area contributed by atoms with Gasteiger partial charge in [-0.2, -0.15) is 8.42 Å². The lowest BCUT2D eigenvalue weighted by molar-refractivity contribution is 0.204. The first-order chi connectivity index (χ1) is 7.24. The summed E-state index contributed by atoms with van der Waals surface area (Å²) in [5.74, 6) is 2.02. The summed E-state index contributed by atoms with van der Waals surface area (Å²) in [4.78, 5) is 8.24. The van der Waals surface area contributed by atoms with Crippen molar-refractivity contribution in [3.05, 3.63) is 0 Å². The van der Waals surface area contributed by atoms with Gasteiger partial charge in [-0.1, -0.05) is 5.92 Å². The molecule has 0 saturated carbocycles. The molecule has 0 rings (SSSR count). The molecule has 0 spiro atoms. The highest BCUT2D eigenvalue weighted by Crippen LogP contribution is 2.40. The van der Waals surface area contributed by atoms with Crippen LogP contribution in [0.15, 0.2) is 0 Å². The standard InChI is InChI=1S/C5H8O3S.C2H7O4P/c1-3-5-8-9(6,7)4-2;1-5-7(3,4)6-2/h1H,4-5H2,2H3;1-2H3,(H,3,4). The molecule has 0 aromatic rings. The molecule has 0 radical (unpaired) electrons. The second kappa shape index (κ2) is 8.70. The van der Waals surface area contributed by atoms with Crippen LogP contribution in [0.25, 0.3) is 0 Å². The molecule has 0 atom stereocenters. The van der Waals surface area contributed by atoms with Gasteiger partial charge in [-0.25, -0.2) is 4.57 Å². The van der Waals surface area contributed by atoms with E-state index < -0.39 is 17.9 Å². The third kappa shape index (κ3) is 11.7. The molecular formula is C7H15O7PS. The van der Waals surface area contributed by atoms with Crippen molar-refractivity contribution in [2.24, 2.45) is 0 Å². The topological polar surface area (TPSA) is 99.1 Å². The van der Waals surface area contributed by atoms with Crippen molar-refractivity contribution in [2.45, 2.75) is 6.92 Å². The Morgan fingerprint density at radius 2 is 1.81 bits per heavy atom. The third-order valence-corrected chi connectivity index (χ3v) is 3.24. The lowest BCUT2D eigenvalue weighted by Gasteiger charge is -2.01. The van der Waals surface area contributed by atoms with Crippen LogP contribution in [0.5, 0.6) is 0 Å². The molecule has 0 aromatic heterocycles. The van der Waals surface area contributed by atoms with Gasteiger partial charge in [0.05, 0.1) is 5.75 Å². The zero-order valence-corrected chi connectivity index (χ0v) is 11.0. The predicted molar refractivity (Wildman–Crippen MR) is 58.1 cm³/mol. The van der Waals surface area contributed by atoms with Crippen molar-refractivity contribution >= 4 is 17.9 Å². The highest BCUT2D eigenvalue weighted by Gasteiger charge is 2.13. The Morgan fingerprint density at radius 1 is 1.38 bits per heavy atom. The van der Waals surface area contributed by atoms with Gasteiger partial charge in [-0.05, 0) is 6.92 Å². The van der Waals surface area contributed by atoms with Gasteiger partial charge in [-0.3, -0.25) is 13.2 Å². The maximum Gasteiger partial charge on any atom is 0.471 e. The van der Waals surface area contributed by atoms with E-state index in [1.165, 1.54) is 6.92 Å². The molecule has 96 valence electrons. The van der Waals surface area contributed by atoms with E-state index >= 15 is 0 Å². The van der Waals surface area contributed by atoms with Gasteiger partial charge in [0.15, 0.2) is 0 Å².